The zero-order chi connectivity index (χ0) is 13.0. The normalized spacial score (nSPS) is 12.4. The van der Waals surface area contributed by atoms with Crippen LogP contribution in [0.3, 0.4) is 0 Å². The summed E-state index contributed by atoms with van der Waals surface area (Å²) in [6.07, 6.45) is 1.32. The van der Waals surface area contributed by atoms with Crippen molar-refractivity contribution >= 4 is 5.91 Å². The second-order valence-electron chi connectivity index (χ2n) is 4.44. The molecule has 1 atom stereocenters. The summed E-state index contributed by atoms with van der Waals surface area (Å²) in [5, 5.41) is 9.19. The number of nitrogens with one attached hydrogen (secondary N) is 2. The van der Waals surface area contributed by atoms with Gasteiger partial charge in [0.25, 0.3) is 5.91 Å². The molecule has 0 spiro atoms. The second-order valence-corrected chi connectivity index (χ2v) is 4.44. The first-order valence-electron chi connectivity index (χ1n) is 5.89. The summed E-state index contributed by atoms with van der Waals surface area (Å²) in [6.45, 7) is 4.14. The number of hydrogen-bond acceptors (Lipinski definition) is 3. The maximum absolute atomic E-state index is 11.9. The molecule has 2 rings (SSSR count). The van der Waals surface area contributed by atoms with Gasteiger partial charge >= 0.3 is 0 Å². The number of rotatable bonds is 4. The fourth-order valence-electron chi connectivity index (χ4n) is 1.82. The number of hydrogen-bond donors (Lipinski definition) is 2. The van der Waals surface area contributed by atoms with Crippen LogP contribution in [0.5, 0.6) is 0 Å². The molecule has 0 fully saturated rings. The van der Waals surface area contributed by atoms with Crippen LogP contribution in [0.1, 0.15) is 36.1 Å². The molecule has 0 saturated heterocycles. The lowest BCUT2D eigenvalue weighted by Crippen LogP contribution is -2.32. The van der Waals surface area contributed by atoms with Gasteiger partial charge in [-0.25, -0.2) is 4.98 Å². The minimum absolute atomic E-state index is 0.0381. The quantitative estimate of drug-likeness (QED) is 0.863. The Balaban J connectivity index is 2.15. The van der Waals surface area contributed by atoms with Crippen molar-refractivity contribution in [2.75, 3.05) is 0 Å². The van der Waals surface area contributed by atoms with E-state index in [0.717, 1.165) is 5.56 Å². The first kappa shape index (κ1) is 12.3. The fourth-order valence-corrected chi connectivity index (χ4v) is 1.82. The topological polar surface area (TPSA) is 70.7 Å². The van der Waals surface area contributed by atoms with Crippen molar-refractivity contribution < 1.29 is 4.79 Å². The maximum atomic E-state index is 11.9. The molecule has 94 valence electrons. The molecular formula is C13H16N4O. The molecule has 2 N–H and O–H groups in total. The van der Waals surface area contributed by atoms with Gasteiger partial charge in [-0.1, -0.05) is 44.2 Å². The molecule has 1 amide bonds. The number of nitrogens with zero attached hydrogens (tertiary/aromatic N) is 2. The summed E-state index contributed by atoms with van der Waals surface area (Å²) >= 11 is 0. The first-order valence-corrected chi connectivity index (χ1v) is 5.89. The van der Waals surface area contributed by atoms with Crippen LogP contribution < -0.4 is 5.32 Å². The van der Waals surface area contributed by atoms with E-state index in [2.05, 4.69) is 34.3 Å². The molecule has 18 heavy (non-hydrogen) atoms. The van der Waals surface area contributed by atoms with E-state index in [4.69, 9.17) is 0 Å². The average molecular weight is 244 g/mol. The van der Waals surface area contributed by atoms with E-state index >= 15 is 0 Å². The summed E-state index contributed by atoms with van der Waals surface area (Å²) in [5.74, 6) is 0.283. The molecular weight excluding hydrogens is 228 g/mol. The van der Waals surface area contributed by atoms with E-state index in [0.29, 0.717) is 5.92 Å². The Kier molecular flexibility index (Phi) is 3.72. The summed E-state index contributed by atoms with van der Waals surface area (Å²) in [5.41, 5.74) is 1.08. The van der Waals surface area contributed by atoms with Crippen LogP contribution in [0.25, 0.3) is 0 Å². The number of carbonyl (C=O) groups is 1. The second kappa shape index (κ2) is 5.44. The van der Waals surface area contributed by atoms with Gasteiger partial charge in [0.05, 0.1) is 6.04 Å². The van der Waals surface area contributed by atoms with Gasteiger partial charge in [0.1, 0.15) is 6.33 Å². The van der Waals surface area contributed by atoms with Gasteiger partial charge < -0.3 is 5.32 Å². The van der Waals surface area contributed by atoms with Crippen molar-refractivity contribution in [1.82, 2.24) is 20.5 Å². The number of aromatic amines is 1. The molecule has 1 aromatic carbocycles. The van der Waals surface area contributed by atoms with Crippen LogP contribution in [0, 0.1) is 5.92 Å². The Bertz CT molecular complexity index is 493. The molecule has 2 aromatic rings. The summed E-state index contributed by atoms with van der Waals surface area (Å²) in [6, 6.07) is 9.86. The van der Waals surface area contributed by atoms with Crippen molar-refractivity contribution in [2.45, 2.75) is 19.9 Å². The van der Waals surface area contributed by atoms with E-state index in [9.17, 15) is 4.79 Å². The number of amides is 1. The minimum atomic E-state index is -0.241. The summed E-state index contributed by atoms with van der Waals surface area (Å²) < 4.78 is 0. The van der Waals surface area contributed by atoms with Gasteiger partial charge in [0.2, 0.25) is 5.82 Å². The van der Waals surface area contributed by atoms with E-state index in [1.165, 1.54) is 6.33 Å². The molecule has 0 aliphatic heterocycles. The molecule has 5 heteroatoms. The summed E-state index contributed by atoms with van der Waals surface area (Å²) in [7, 11) is 0. The third-order valence-electron chi connectivity index (χ3n) is 2.74. The predicted octanol–water partition coefficient (Wildman–Crippen LogP) is 1.93. The zero-order valence-electron chi connectivity index (χ0n) is 10.4. The highest BCUT2D eigenvalue weighted by Gasteiger charge is 2.20. The third-order valence-corrected chi connectivity index (χ3v) is 2.74. The number of benzene rings is 1. The van der Waals surface area contributed by atoms with Gasteiger partial charge in [-0.15, -0.1) is 0 Å². The van der Waals surface area contributed by atoms with Crippen LogP contribution in [0.2, 0.25) is 0 Å². The molecule has 1 unspecified atom stereocenters. The van der Waals surface area contributed by atoms with Crippen LogP contribution in [0.15, 0.2) is 36.7 Å². The third kappa shape index (κ3) is 2.74. The van der Waals surface area contributed by atoms with Crippen molar-refractivity contribution in [1.29, 1.82) is 0 Å². The highest BCUT2D eigenvalue weighted by atomic mass is 16.2. The maximum Gasteiger partial charge on any atom is 0.289 e. The number of carbonyl (C=O) groups excluding carboxylic acids is 1. The van der Waals surface area contributed by atoms with Gasteiger partial charge in [-0.05, 0) is 11.5 Å². The average Bonchev–Trinajstić information content (AvgIpc) is 2.90. The first-order chi connectivity index (χ1) is 8.68. The van der Waals surface area contributed by atoms with E-state index in [1.54, 1.807) is 0 Å². The lowest BCUT2D eigenvalue weighted by Gasteiger charge is -2.22. The van der Waals surface area contributed by atoms with Crippen molar-refractivity contribution in [3.8, 4) is 0 Å². The van der Waals surface area contributed by atoms with Crippen LogP contribution in [-0.4, -0.2) is 21.1 Å². The van der Waals surface area contributed by atoms with Gasteiger partial charge in [0.15, 0.2) is 0 Å². The van der Waals surface area contributed by atoms with Crippen molar-refractivity contribution in [3.05, 3.63) is 48.0 Å². The highest BCUT2D eigenvalue weighted by molar-refractivity contribution is 5.90. The molecule has 1 aromatic heterocycles. The van der Waals surface area contributed by atoms with E-state index < -0.39 is 0 Å². The van der Waals surface area contributed by atoms with Crippen molar-refractivity contribution in [3.63, 3.8) is 0 Å². The zero-order valence-corrected chi connectivity index (χ0v) is 10.4. The van der Waals surface area contributed by atoms with Gasteiger partial charge in [-0.3, -0.25) is 9.89 Å². The van der Waals surface area contributed by atoms with E-state index in [1.807, 2.05) is 30.3 Å². The standard InChI is InChI=1S/C13H16N4O/c1-9(2)11(10-6-4-3-5-7-10)16-13(18)12-14-8-15-17-12/h3-9,11H,1-2H3,(H,16,18)(H,14,15,17). The molecule has 1 heterocycles. The molecule has 0 bridgehead atoms. The number of aromatic nitrogens is 3. The lowest BCUT2D eigenvalue weighted by atomic mass is 9.96. The Morgan fingerprint density at radius 3 is 2.56 bits per heavy atom. The Hall–Kier alpha value is -2.17. The largest absolute Gasteiger partial charge is 0.342 e. The SMILES string of the molecule is CC(C)C(NC(=O)c1ncn[nH]1)c1ccccc1. The van der Waals surface area contributed by atoms with Gasteiger partial charge in [0, 0.05) is 0 Å². The molecule has 0 radical (unpaired) electrons. The lowest BCUT2D eigenvalue weighted by molar-refractivity contribution is 0.0915. The number of H-pyrrole nitrogens is 1. The minimum Gasteiger partial charge on any atom is -0.342 e. The monoisotopic (exact) mass is 244 g/mol. The highest BCUT2D eigenvalue weighted by Crippen LogP contribution is 2.21. The molecule has 0 aliphatic rings. The Morgan fingerprint density at radius 1 is 1.28 bits per heavy atom. The Morgan fingerprint density at radius 2 is 2.00 bits per heavy atom. The fraction of sp³-hybridized carbons (Fsp3) is 0.308. The van der Waals surface area contributed by atoms with Crippen molar-refractivity contribution in [2.24, 2.45) is 5.92 Å². The van der Waals surface area contributed by atoms with Crippen LogP contribution in [-0.2, 0) is 0 Å². The van der Waals surface area contributed by atoms with E-state index in [-0.39, 0.29) is 17.8 Å². The van der Waals surface area contributed by atoms with Crippen LogP contribution in [0.4, 0.5) is 0 Å². The molecule has 5 nitrogen and oxygen atoms in total. The van der Waals surface area contributed by atoms with Crippen LogP contribution >= 0.6 is 0 Å². The predicted molar refractivity (Wildman–Crippen MR) is 67.9 cm³/mol. The Labute approximate surface area is 106 Å². The molecule has 0 saturated carbocycles. The van der Waals surface area contributed by atoms with Gasteiger partial charge in [-0.2, -0.15) is 5.10 Å². The molecule has 0 aliphatic carbocycles. The summed E-state index contributed by atoms with van der Waals surface area (Å²) in [4.78, 5) is 15.8. The smallest absolute Gasteiger partial charge is 0.289 e.